The number of hydrogen-bond donors (Lipinski definition) is 0. The quantitative estimate of drug-likeness (QED) is 0.742. The fraction of sp³-hybridized carbons (Fsp3) is 0.182. The molecular formula is C11H8Br2NO-. The molecule has 0 spiro atoms. The van der Waals surface area contributed by atoms with Crippen LogP contribution in [-0.4, -0.2) is 4.98 Å². The molecule has 0 saturated heterocycles. The number of halogens is 2. The van der Waals surface area contributed by atoms with Crippen molar-refractivity contribution in [3.8, 4) is 5.75 Å². The summed E-state index contributed by atoms with van der Waals surface area (Å²) in [5.41, 5.74) is 2.45. The lowest BCUT2D eigenvalue weighted by Gasteiger charge is -2.15. The van der Waals surface area contributed by atoms with E-state index in [0.717, 1.165) is 21.1 Å². The van der Waals surface area contributed by atoms with Gasteiger partial charge in [-0.3, -0.25) is 4.98 Å². The van der Waals surface area contributed by atoms with Gasteiger partial charge in [0.1, 0.15) is 0 Å². The van der Waals surface area contributed by atoms with Crippen molar-refractivity contribution in [2.45, 2.75) is 13.8 Å². The Morgan fingerprint density at radius 1 is 1.13 bits per heavy atom. The molecule has 0 unspecified atom stereocenters. The van der Waals surface area contributed by atoms with Crippen molar-refractivity contribution < 1.29 is 5.11 Å². The van der Waals surface area contributed by atoms with E-state index in [9.17, 15) is 5.11 Å². The van der Waals surface area contributed by atoms with Gasteiger partial charge in [0.2, 0.25) is 0 Å². The van der Waals surface area contributed by atoms with Gasteiger partial charge in [-0.05, 0) is 31.5 Å². The summed E-state index contributed by atoms with van der Waals surface area (Å²) in [6.07, 6.45) is 0. The molecule has 2 aromatic rings. The van der Waals surface area contributed by atoms with Gasteiger partial charge in [0.25, 0.3) is 0 Å². The zero-order valence-electron chi connectivity index (χ0n) is 8.27. The predicted octanol–water partition coefficient (Wildman–Crippen LogP) is 3.45. The van der Waals surface area contributed by atoms with E-state index in [1.807, 2.05) is 19.9 Å². The summed E-state index contributed by atoms with van der Waals surface area (Å²) < 4.78 is 1.44. The van der Waals surface area contributed by atoms with Crippen LogP contribution in [0.3, 0.4) is 0 Å². The summed E-state index contributed by atoms with van der Waals surface area (Å²) in [4.78, 5) is 4.29. The van der Waals surface area contributed by atoms with Gasteiger partial charge in [0.05, 0.1) is 5.52 Å². The minimum Gasteiger partial charge on any atom is -0.870 e. The summed E-state index contributed by atoms with van der Waals surface area (Å²) in [7, 11) is 0. The lowest BCUT2D eigenvalue weighted by molar-refractivity contribution is -0.267. The second-order valence-corrected chi connectivity index (χ2v) is 5.18. The largest absolute Gasteiger partial charge is 0.870 e. The third-order valence-corrected chi connectivity index (χ3v) is 3.48. The van der Waals surface area contributed by atoms with Gasteiger partial charge >= 0.3 is 0 Å². The van der Waals surface area contributed by atoms with Crippen molar-refractivity contribution in [3.05, 3.63) is 32.3 Å². The SMILES string of the molecule is Cc1cc(C)c2c(Br)cc(Br)c([O-])c2n1. The second kappa shape index (κ2) is 3.76. The molecule has 15 heavy (non-hydrogen) atoms. The van der Waals surface area contributed by atoms with Gasteiger partial charge in [0, 0.05) is 20.0 Å². The van der Waals surface area contributed by atoms with Crippen molar-refractivity contribution in [3.63, 3.8) is 0 Å². The predicted molar refractivity (Wildman–Crippen MR) is 66.1 cm³/mol. The van der Waals surface area contributed by atoms with Crippen LogP contribution in [0.1, 0.15) is 11.3 Å². The number of benzene rings is 1. The second-order valence-electron chi connectivity index (χ2n) is 3.47. The highest BCUT2D eigenvalue weighted by molar-refractivity contribution is 9.11. The van der Waals surface area contributed by atoms with Crippen molar-refractivity contribution in [2.75, 3.05) is 0 Å². The average Bonchev–Trinajstić information content (AvgIpc) is 2.12. The molecule has 0 bridgehead atoms. The first-order chi connectivity index (χ1) is 7.00. The van der Waals surface area contributed by atoms with E-state index in [2.05, 4.69) is 36.8 Å². The zero-order valence-corrected chi connectivity index (χ0v) is 11.4. The first kappa shape index (κ1) is 10.9. The van der Waals surface area contributed by atoms with E-state index in [1.54, 1.807) is 6.07 Å². The molecule has 0 aliphatic rings. The first-order valence-electron chi connectivity index (χ1n) is 4.43. The van der Waals surface area contributed by atoms with Gasteiger partial charge in [-0.1, -0.05) is 37.6 Å². The Balaban J connectivity index is 3.02. The third kappa shape index (κ3) is 1.76. The summed E-state index contributed by atoms with van der Waals surface area (Å²) in [6.45, 7) is 3.87. The summed E-state index contributed by atoms with van der Waals surface area (Å²) in [5.74, 6) is -0.0556. The van der Waals surface area contributed by atoms with E-state index in [0.29, 0.717) is 9.99 Å². The number of nitrogens with zero attached hydrogens (tertiary/aromatic N) is 1. The smallest absolute Gasteiger partial charge is 0.0652 e. The summed E-state index contributed by atoms with van der Waals surface area (Å²) >= 11 is 6.68. The molecule has 2 rings (SSSR count). The van der Waals surface area contributed by atoms with E-state index in [1.165, 1.54) is 0 Å². The van der Waals surface area contributed by atoms with Crippen LogP contribution in [-0.2, 0) is 0 Å². The van der Waals surface area contributed by atoms with Crippen LogP contribution in [0, 0.1) is 13.8 Å². The van der Waals surface area contributed by atoms with Gasteiger partial charge in [-0.25, -0.2) is 0 Å². The molecule has 0 radical (unpaired) electrons. The fourth-order valence-corrected chi connectivity index (χ4v) is 3.12. The molecular weight excluding hydrogens is 322 g/mol. The molecule has 4 heteroatoms. The molecule has 0 aliphatic heterocycles. The van der Waals surface area contributed by atoms with Gasteiger partial charge < -0.3 is 5.11 Å². The molecule has 1 heterocycles. The Morgan fingerprint density at radius 2 is 1.80 bits per heavy atom. The highest BCUT2D eigenvalue weighted by Crippen LogP contribution is 2.36. The van der Waals surface area contributed by atoms with Gasteiger partial charge in [-0.15, -0.1) is 0 Å². The molecule has 0 fully saturated rings. The van der Waals surface area contributed by atoms with Crippen LogP contribution in [0.4, 0.5) is 0 Å². The maximum Gasteiger partial charge on any atom is 0.0652 e. The van der Waals surface area contributed by atoms with Gasteiger partial charge in [0.15, 0.2) is 0 Å². The standard InChI is InChI=1S/C11H9Br2NO/c1-5-3-6(2)14-10-9(5)7(12)4-8(13)11(10)15/h3-4,15H,1-2H3/p-1. The molecule has 1 aromatic heterocycles. The molecule has 78 valence electrons. The number of rotatable bonds is 0. The van der Waals surface area contributed by atoms with Crippen LogP contribution < -0.4 is 5.11 Å². The van der Waals surface area contributed by atoms with Crippen LogP contribution in [0.5, 0.6) is 5.75 Å². The Labute approximate surface area is 105 Å². The zero-order chi connectivity index (χ0) is 11.2. The van der Waals surface area contributed by atoms with Crippen molar-refractivity contribution in [1.29, 1.82) is 0 Å². The molecule has 0 N–H and O–H groups in total. The summed E-state index contributed by atoms with van der Waals surface area (Å²) in [6, 6.07) is 3.75. The maximum absolute atomic E-state index is 11.9. The molecule has 0 amide bonds. The highest BCUT2D eigenvalue weighted by Gasteiger charge is 2.07. The van der Waals surface area contributed by atoms with Gasteiger partial charge in [-0.2, -0.15) is 0 Å². The summed E-state index contributed by atoms with van der Waals surface area (Å²) in [5, 5.41) is 12.8. The lowest BCUT2D eigenvalue weighted by Crippen LogP contribution is -1.97. The monoisotopic (exact) mass is 328 g/mol. The maximum atomic E-state index is 11.9. The minimum atomic E-state index is -0.0556. The lowest BCUT2D eigenvalue weighted by atomic mass is 10.1. The van der Waals surface area contributed by atoms with Crippen molar-refractivity contribution in [2.24, 2.45) is 0 Å². The number of aryl methyl sites for hydroxylation is 2. The first-order valence-corrected chi connectivity index (χ1v) is 6.02. The molecule has 0 atom stereocenters. The van der Waals surface area contributed by atoms with Crippen molar-refractivity contribution in [1.82, 2.24) is 4.98 Å². The number of hydrogen-bond acceptors (Lipinski definition) is 2. The Bertz CT molecular complexity index is 544. The highest BCUT2D eigenvalue weighted by atomic mass is 79.9. The molecule has 2 nitrogen and oxygen atoms in total. The van der Waals surface area contributed by atoms with Crippen LogP contribution in [0.15, 0.2) is 21.1 Å². The van der Waals surface area contributed by atoms with Crippen LogP contribution in [0.25, 0.3) is 10.9 Å². The van der Waals surface area contributed by atoms with E-state index in [-0.39, 0.29) is 5.75 Å². The van der Waals surface area contributed by atoms with E-state index < -0.39 is 0 Å². The normalized spacial score (nSPS) is 10.9. The van der Waals surface area contributed by atoms with Crippen LogP contribution >= 0.6 is 31.9 Å². The number of pyridine rings is 1. The minimum absolute atomic E-state index is 0.0556. The van der Waals surface area contributed by atoms with E-state index in [4.69, 9.17) is 0 Å². The van der Waals surface area contributed by atoms with Crippen molar-refractivity contribution >= 4 is 42.8 Å². The average molecular weight is 330 g/mol. The van der Waals surface area contributed by atoms with E-state index >= 15 is 0 Å². The number of aromatic nitrogens is 1. The molecule has 1 aromatic carbocycles. The Morgan fingerprint density at radius 3 is 2.47 bits per heavy atom. The molecule has 0 saturated carbocycles. The molecule has 0 aliphatic carbocycles. The topological polar surface area (TPSA) is 36.0 Å². The third-order valence-electron chi connectivity index (χ3n) is 2.27. The number of fused-ring (bicyclic) bond motifs is 1. The van der Waals surface area contributed by atoms with Crippen LogP contribution in [0.2, 0.25) is 0 Å². The fourth-order valence-electron chi connectivity index (χ4n) is 1.66. The Kier molecular flexibility index (Phi) is 2.73. The Hall–Kier alpha value is -0.610.